The lowest BCUT2D eigenvalue weighted by Crippen LogP contribution is -2.24. The summed E-state index contributed by atoms with van der Waals surface area (Å²) in [6.45, 7) is 6.35. The second kappa shape index (κ2) is 6.13. The topological polar surface area (TPSA) is 81.2 Å². The van der Waals surface area contributed by atoms with Gasteiger partial charge in [-0.25, -0.2) is 0 Å². The van der Waals surface area contributed by atoms with Crippen LogP contribution in [0.1, 0.15) is 32.4 Å². The first kappa shape index (κ1) is 14.6. The normalized spacial score (nSPS) is 11.6. The molecule has 2 rings (SSSR count). The highest BCUT2D eigenvalue weighted by Gasteiger charge is 2.21. The average Bonchev–Trinajstić information content (AvgIpc) is 3.04. The molecule has 7 heteroatoms. The van der Waals surface area contributed by atoms with Crippen molar-refractivity contribution in [2.24, 2.45) is 0 Å². The molecule has 0 bridgehead atoms. The quantitative estimate of drug-likeness (QED) is 0.853. The lowest BCUT2D eigenvalue weighted by atomic mass is 9.97. The van der Waals surface area contributed by atoms with Crippen LogP contribution in [-0.4, -0.2) is 21.9 Å². The standard InChI is InChI=1S/C13H17N3O3S/c1-13(2,3)11-15-16-12(19-11)20-8-10(17)14-7-9-5-4-6-18-9/h4-6H,7-8H2,1-3H3,(H,14,17). The molecule has 1 amide bonds. The summed E-state index contributed by atoms with van der Waals surface area (Å²) in [5.74, 6) is 1.40. The van der Waals surface area contributed by atoms with Crippen LogP contribution < -0.4 is 5.32 Å². The first-order valence-corrected chi connectivity index (χ1v) is 7.19. The molecule has 2 aromatic heterocycles. The third kappa shape index (κ3) is 4.12. The molecule has 0 spiro atoms. The van der Waals surface area contributed by atoms with Gasteiger partial charge in [0.25, 0.3) is 5.22 Å². The fraction of sp³-hybridized carbons (Fsp3) is 0.462. The van der Waals surface area contributed by atoms with Gasteiger partial charge in [-0.3, -0.25) is 4.79 Å². The van der Waals surface area contributed by atoms with Crippen LogP contribution in [0.3, 0.4) is 0 Å². The molecule has 6 nitrogen and oxygen atoms in total. The van der Waals surface area contributed by atoms with Gasteiger partial charge in [-0.15, -0.1) is 10.2 Å². The number of amides is 1. The summed E-state index contributed by atoms with van der Waals surface area (Å²) in [5.41, 5.74) is -0.187. The van der Waals surface area contributed by atoms with Crippen molar-refractivity contribution >= 4 is 17.7 Å². The lowest BCUT2D eigenvalue weighted by molar-refractivity contribution is -0.118. The molecule has 0 fully saturated rings. The van der Waals surface area contributed by atoms with Gasteiger partial charge in [-0.05, 0) is 12.1 Å². The smallest absolute Gasteiger partial charge is 0.277 e. The number of nitrogens with zero attached hydrogens (tertiary/aromatic N) is 2. The summed E-state index contributed by atoms with van der Waals surface area (Å²) in [5, 5.41) is 11.0. The minimum atomic E-state index is -0.187. The van der Waals surface area contributed by atoms with Gasteiger partial charge in [0.1, 0.15) is 5.76 Å². The van der Waals surface area contributed by atoms with E-state index in [0.717, 1.165) is 5.76 Å². The predicted octanol–water partition coefficient (Wildman–Crippen LogP) is 2.37. The molecule has 0 aromatic carbocycles. The van der Waals surface area contributed by atoms with Gasteiger partial charge in [0.15, 0.2) is 0 Å². The molecule has 0 radical (unpaired) electrons. The Morgan fingerprint density at radius 1 is 1.40 bits per heavy atom. The Hall–Kier alpha value is -1.76. The van der Waals surface area contributed by atoms with Crippen molar-refractivity contribution in [1.29, 1.82) is 0 Å². The zero-order chi connectivity index (χ0) is 14.6. The van der Waals surface area contributed by atoms with Crippen LogP contribution in [0.4, 0.5) is 0 Å². The van der Waals surface area contributed by atoms with Crippen LogP contribution in [0, 0.1) is 0 Å². The van der Waals surface area contributed by atoms with Crippen LogP contribution in [0.25, 0.3) is 0 Å². The Morgan fingerprint density at radius 2 is 2.20 bits per heavy atom. The van der Waals surface area contributed by atoms with Gasteiger partial charge < -0.3 is 14.2 Å². The SMILES string of the molecule is CC(C)(C)c1nnc(SCC(=O)NCc2ccco2)o1. The number of aromatic nitrogens is 2. The summed E-state index contributed by atoms with van der Waals surface area (Å²) in [4.78, 5) is 11.7. The van der Waals surface area contributed by atoms with E-state index >= 15 is 0 Å². The Kier molecular flexibility index (Phi) is 4.49. The van der Waals surface area contributed by atoms with Crippen molar-refractivity contribution in [3.05, 3.63) is 30.0 Å². The maximum atomic E-state index is 11.7. The van der Waals surface area contributed by atoms with Gasteiger partial charge in [-0.1, -0.05) is 32.5 Å². The van der Waals surface area contributed by atoms with E-state index in [9.17, 15) is 4.79 Å². The Bertz CT molecular complexity index is 558. The van der Waals surface area contributed by atoms with E-state index in [-0.39, 0.29) is 17.1 Å². The third-order valence-electron chi connectivity index (χ3n) is 2.41. The van der Waals surface area contributed by atoms with Crippen molar-refractivity contribution in [1.82, 2.24) is 15.5 Å². The molecule has 0 aliphatic rings. The van der Waals surface area contributed by atoms with Crippen molar-refractivity contribution < 1.29 is 13.6 Å². The number of nitrogens with one attached hydrogen (secondary N) is 1. The number of furan rings is 1. The molecule has 108 valence electrons. The summed E-state index contributed by atoms with van der Waals surface area (Å²) in [6, 6.07) is 3.59. The third-order valence-corrected chi connectivity index (χ3v) is 3.23. The van der Waals surface area contributed by atoms with Gasteiger partial charge in [0, 0.05) is 5.41 Å². The van der Waals surface area contributed by atoms with Crippen LogP contribution in [-0.2, 0) is 16.8 Å². The maximum absolute atomic E-state index is 11.7. The number of hydrogen-bond donors (Lipinski definition) is 1. The molecule has 0 aliphatic carbocycles. The first-order chi connectivity index (χ1) is 9.45. The van der Waals surface area contributed by atoms with E-state index in [1.165, 1.54) is 11.8 Å². The molecule has 1 N–H and O–H groups in total. The fourth-order valence-electron chi connectivity index (χ4n) is 1.35. The summed E-state index contributed by atoms with van der Waals surface area (Å²) >= 11 is 1.22. The van der Waals surface area contributed by atoms with E-state index in [1.54, 1.807) is 18.4 Å². The molecule has 0 saturated heterocycles. The molecule has 2 aromatic rings. The van der Waals surface area contributed by atoms with Crippen molar-refractivity contribution in [3.8, 4) is 0 Å². The molecule has 0 saturated carbocycles. The second-order valence-corrected chi connectivity index (χ2v) is 6.19. The van der Waals surface area contributed by atoms with E-state index in [1.807, 2.05) is 20.8 Å². The highest BCUT2D eigenvalue weighted by atomic mass is 32.2. The summed E-state index contributed by atoms with van der Waals surface area (Å²) in [7, 11) is 0. The number of thioether (sulfide) groups is 1. The Balaban J connectivity index is 1.77. The van der Waals surface area contributed by atoms with E-state index < -0.39 is 0 Å². The van der Waals surface area contributed by atoms with Gasteiger partial charge >= 0.3 is 0 Å². The zero-order valence-electron chi connectivity index (χ0n) is 11.7. The summed E-state index contributed by atoms with van der Waals surface area (Å²) in [6.07, 6.45) is 1.57. The van der Waals surface area contributed by atoms with Crippen LogP contribution in [0.2, 0.25) is 0 Å². The van der Waals surface area contributed by atoms with Gasteiger partial charge in [-0.2, -0.15) is 0 Å². The van der Waals surface area contributed by atoms with Crippen molar-refractivity contribution in [2.45, 2.75) is 38.0 Å². The fourth-order valence-corrected chi connectivity index (χ4v) is 1.94. The Labute approximate surface area is 121 Å². The molecular weight excluding hydrogens is 278 g/mol. The molecule has 0 unspecified atom stereocenters. The molecular formula is C13H17N3O3S. The molecule has 0 atom stereocenters. The Morgan fingerprint density at radius 3 is 2.80 bits per heavy atom. The highest BCUT2D eigenvalue weighted by Crippen LogP contribution is 2.24. The number of carbonyl (C=O) groups is 1. The first-order valence-electron chi connectivity index (χ1n) is 6.21. The monoisotopic (exact) mass is 295 g/mol. The second-order valence-electron chi connectivity index (χ2n) is 5.27. The average molecular weight is 295 g/mol. The predicted molar refractivity (Wildman–Crippen MR) is 74.3 cm³/mol. The number of rotatable bonds is 5. The van der Waals surface area contributed by atoms with Crippen LogP contribution in [0.5, 0.6) is 0 Å². The maximum Gasteiger partial charge on any atom is 0.277 e. The largest absolute Gasteiger partial charge is 0.467 e. The minimum Gasteiger partial charge on any atom is -0.467 e. The number of hydrogen-bond acceptors (Lipinski definition) is 6. The van der Waals surface area contributed by atoms with Crippen LogP contribution in [0.15, 0.2) is 32.5 Å². The minimum absolute atomic E-state index is 0.109. The van der Waals surface area contributed by atoms with Gasteiger partial charge in [0.05, 0.1) is 18.6 Å². The summed E-state index contributed by atoms with van der Waals surface area (Å²) < 4.78 is 10.6. The molecule has 0 aliphatic heterocycles. The lowest BCUT2D eigenvalue weighted by Gasteiger charge is -2.10. The van der Waals surface area contributed by atoms with E-state index in [4.69, 9.17) is 8.83 Å². The van der Waals surface area contributed by atoms with E-state index in [2.05, 4.69) is 15.5 Å². The van der Waals surface area contributed by atoms with E-state index in [0.29, 0.717) is 17.7 Å². The molecule has 20 heavy (non-hydrogen) atoms. The van der Waals surface area contributed by atoms with Crippen molar-refractivity contribution in [2.75, 3.05) is 5.75 Å². The highest BCUT2D eigenvalue weighted by molar-refractivity contribution is 7.99. The van der Waals surface area contributed by atoms with Crippen molar-refractivity contribution in [3.63, 3.8) is 0 Å². The zero-order valence-corrected chi connectivity index (χ0v) is 12.5. The number of carbonyl (C=O) groups excluding carboxylic acids is 1. The molecule has 2 heterocycles. The van der Waals surface area contributed by atoms with Gasteiger partial charge in [0.2, 0.25) is 11.8 Å². The van der Waals surface area contributed by atoms with Crippen LogP contribution >= 0.6 is 11.8 Å².